The van der Waals surface area contributed by atoms with E-state index in [0.717, 1.165) is 89.9 Å². The minimum Gasteiger partial charge on any atom is -0.394 e. The molecule has 12 unspecified atom stereocenters. The number of amides is 1. The van der Waals surface area contributed by atoms with Crippen LogP contribution in [0, 0.1) is 0 Å². The highest BCUT2D eigenvalue weighted by molar-refractivity contribution is 5.76. The molecule has 482 valence electrons. The Morgan fingerprint density at radius 2 is 0.833 bits per heavy atom. The third kappa shape index (κ3) is 38.0. The Bertz CT molecular complexity index is 1820. The molecule has 0 aromatic rings. The highest BCUT2D eigenvalue weighted by Crippen LogP contribution is 2.30. The van der Waals surface area contributed by atoms with E-state index in [-0.39, 0.29) is 18.9 Å². The number of hydrogen-bond donors (Lipinski definition) is 9. The molecule has 1 amide bonds. The van der Waals surface area contributed by atoms with Gasteiger partial charge >= 0.3 is 0 Å². The van der Waals surface area contributed by atoms with Crippen LogP contribution < -0.4 is 5.32 Å². The third-order valence-electron chi connectivity index (χ3n) is 15.4. The van der Waals surface area contributed by atoms with Crippen LogP contribution in [-0.4, -0.2) is 140 Å². The molecular weight excluding hydrogens is 1060 g/mol. The zero-order valence-electron chi connectivity index (χ0n) is 52.1. The summed E-state index contributed by atoms with van der Waals surface area (Å²) in [6, 6.07) is -0.946. The van der Waals surface area contributed by atoms with Crippen molar-refractivity contribution in [2.75, 3.05) is 19.8 Å². The molecule has 9 N–H and O–H groups in total. The lowest BCUT2D eigenvalue weighted by Crippen LogP contribution is -2.65. The van der Waals surface area contributed by atoms with E-state index >= 15 is 0 Å². The molecule has 14 heteroatoms. The first-order valence-corrected chi connectivity index (χ1v) is 33.1. The van der Waals surface area contributed by atoms with E-state index in [0.29, 0.717) is 12.8 Å². The highest BCUT2D eigenvalue weighted by atomic mass is 16.7. The van der Waals surface area contributed by atoms with Crippen LogP contribution in [0.1, 0.15) is 232 Å². The van der Waals surface area contributed by atoms with Crippen LogP contribution in [-0.2, 0) is 23.7 Å². The molecule has 12 atom stereocenters. The third-order valence-corrected chi connectivity index (χ3v) is 15.4. The molecular formula is C70H119NO13. The van der Waals surface area contributed by atoms with Crippen LogP contribution in [0.25, 0.3) is 0 Å². The second kappa shape index (κ2) is 53.9. The van der Waals surface area contributed by atoms with Crippen LogP contribution >= 0.6 is 0 Å². The van der Waals surface area contributed by atoms with Crippen molar-refractivity contribution in [3.05, 3.63) is 109 Å². The van der Waals surface area contributed by atoms with Gasteiger partial charge in [-0.3, -0.25) is 4.79 Å². The summed E-state index contributed by atoms with van der Waals surface area (Å²) < 4.78 is 22.8. The SMILES string of the molecule is CC/C=C\C/C=C\C/C=C\C/C=C\C/C=C\C/C=C\CCCCCCCCCCCCCCC(=O)NC(COC1OC(CO)C(OC2OC(CO)C(O)C(O)C2O)C(O)C1O)C(O)/C=C/CC/C=C/CC/C=C/CCCCCCCCCCC. The van der Waals surface area contributed by atoms with Gasteiger partial charge in [-0.05, 0) is 96.3 Å². The molecule has 14 nitrogen and oxygen atoms in total. The maximum absolute atomic E-state index is 13.3. The summed E-state index contributed by atoms with van der Waals surface area (Å²) >= 11 is 0. The maximum atomic E-state index is 13.3. The lowest BCUT2D eigenvalue weighted by molar-refractivity contribution is -0.359. The van der Waals surface area contributed by atoms with E-state index < -0.39 is 86.8 Å². The fourth-order valence-corrected chi connectivity index (χ4v) is 10.2. The summed E-state index contributed by atoms with van der Waals surface area (Å²) in [5, 5.41) is 87.3. The van der Waals surface area contributed by atoms with Gasteiger partial charge in [-0.1, -0.05) is 239 Å². The van der Waals surface area contributed by atoms with E-state index in [1.54, 1.807) is 6.08 Å². The molecule has 2 fully saturated rings. The number of rotatable bonds is 52. The normalized spacial score (nSPS) is 24.4. The van der Waals surface area contributed by atoms with Crippen molar-refractivity contribution in [1.82, 2.24) is 5.32 Å². The van der Waals surface area contributed by atoms with E-state index in [4.69, 9.17) is 18.9 Å². The number of hydrogen-bond acceptors (Lipinski definition) is 13. The zero-order valence-corrected chi connectivity index (χ0v) is 52.1. The van der Waals surface area contributed by atoms with Crippen molar-refractivity contribution < 1.29 is 64.6 Å². The molecule has 2 saturated heterocycles. The standard InChI is InChI=1S/C70H119NO13/c1-3-5-7-9-11-13-15-17-19-21-23-24-25-26-27-28-29-30-31-32-33-34-36-38-40-42-44-46-48-50-52-54-62(75)71-58(59(74)53-51-49-47-45-43-41-39-37-35-22-20-18-16-14-12-10-8-6-4-2)57-81-69-67(80)65(78)68(61(56-73)83-69)84-70-66(79)64(77)63(76)60(55-72)82-70/h5,7,11,13,17,19,23-24,26-27,29-30,35,37,43,45,51,53,58-61,63-70,72-74,76-80H,3-4,6,8-10,12,14-16,18,20-22,25,28,31-34,36,38-42,44,46-50,52,54-57H2,1-2H3,(H,71,75)/b7-5-,13-11-,19-17-,24-23-,27-26-,30-29-,37-35+,45-43+,53-51+. The summed E-state index contributed by atoms with van der Waals surface area (Å²) in [7, 11) is 0. The minimum absolute atomic E-state index is 0.259. The lowest BCUT2D eigenvalue weighted by Gasteiger charge is -2.46. The van der Waals surface area contributed by atoms with E-state index in [2.05, 4.69) is 116 Å². The number of unbranched alkanes of at least 4 members (excludes halogenated alkanes) is 23. The molecule has 0 spiro atoms. The van der Waals surface area contributed by atoms with E-state index in [1.165, 1.54) is 109 Å². The molecule has 0 bridgehead atoms. The number of allylic oxidation sites excluding steroid dienone is 17. The number of ether oxygens (including phenoxy) is 4. The number of aliphatic hydroxyl groups excluding tert-OH is 8. The molecule has 0 aromatic carbocycles. The fraction of sp³-hybridized carbons (Fsp3) is 0.729. The summed E-state index contributed by atoms with van der Waals surface area (Å²) in [6.45, 7) is 2.66. The molecule has 0 radical (unpaired) electrons. The van der Waals surface area contributed by atoms with Gasteiger partial charge in [0.25, 0.3) is 0 Å². The number of nitrogens with one attached hydrogen (secondary N) is 1. The smallest absolute Gasteiger partial charge is 0.220 e. The largest absolute Gasteiger partial charge is 0.394 e. The van der Waals surface area contributed by atoms with Crippen molar-refractivity contribution in [2.24, 2.45) is 0 Å². The van der Waals surface area contributed by atoms with Gasteiger partial charge in [0.1, 0.15) is 48.8 Å². The molecule has 0 aliphatic carbocycles. The van der Waals surface area contributed by atoms with Gasteiger partial charge in [-0.15, -0.1) is 0 Å². The zero-order chi connectivity index (χ0) is 60.9. The summed E-state index contributed by atoms with van der Waals surface area (Å²) in [5.74, 6) is -0.259. The average molecular weight is 1180 g/mol. The van der Waals surface area contributed by atoms with Crippen molar-refractivity contribution in [3.63, 3.8) is 0 Å². The van der Waals surface area contributed by atoms with Gasteiger partial charge in [0.15, 0.2) is 12.6 Å². The van der Waals surface area contributed by atoms with Crippen LogP contribution in [0.5, 0.6) is 0 Å². The second-order valence-corrected chi connectivity index (χ2v) is 22.8. The summed E-state index contributed by atoms with van der Waals surface area (Å²) in [6.07, 6.45) is 59.9. The Kier molecular flexibility index (Phi) is 49.2. The van der Waals surface area contributed by atoms with Crippen LogP contribution in [0.2, 0.25) is 0 Å². The molecule has 0 saturated carbocycles. The fourth-order valence-electron chi connectivity index (χ4n) is 10.2. The van der Waals surface area contributed by atoms with Crippen molar-refractivity contribution in [2.45, 2.75) is 306 Å². The van der Waals surface area contributed by atoms with Gasteiger partial charge in [0.05, 0.1) is 32.0 Å². The first kappa shape index (κ1) is 76.7. The maximum Gasteiger partial charge on any atom is 0.220 e. The quantitative estimate of drug-likeness (QED) is 0.0204. The van der Waals surface area contributed by atoms with Gasteiger partial charge < -0.3 is 65.1 Å². The molecule has 2 heterocycles. The number of carbonyl (C=O) groups excluding carboxylic acids is 1. The lowest BCUT2D eigenvalue weighted by atomic mass is 9.97. The predicted octanol–water partition coefficient (Wildman–Crippen LogP) is 12.8. The van der Waals surface area contributed by atoms with Crippen LogP contribution in [0.4, 0.5) is 0 Å². The summed E-state index contributed by atoms with van der Waals surface area (Å²) in [5.41, 5.74) is 0. The highest BCUT2D eigenvalue weighted by Gasteiger charge is 2.51. The molecule has 2 aliphatic rings. The molecule has 2 rings (SSSR count). The van der Waals surface area contributed by atoms with Gasteiger partial charge in [-0.2, -0.15) is 0 Å². The number of carbonyl (C=O) groups is 1. The minimum atomic E-state index is -1.80. The van der Waals surface area contributed by atoms with Gasteiger partial charge in [-0.25, -0.2) is 0 Å². The van der Waals surface area contributed by atoms with Gasteiger partial charge in [0, 0.05) is 6.42 Å². The predicted molar refractivity (Wildman–Crippen MR) is 341 cm³/mol. The summed E-state index contributed by atoms with van der Waals surface area (Å²) in [4.78, 5) is 13.3. The number of aliphatic hydroxyl groups is 8. The monoisotopic (exact) mass is 1180 g/mol. The molecule has 84 heavy (non-hydrogen) atoms. The van der Waals surface area contributed by atoms with Crippen molar-refractivity contribution >= 4 is 5.91 Å². The topological polar surface area (TPSA) is 228 Å². The molecule has 2 aliphatic heterocycles. The Labute approximate surface area is 508 Å². The Balaban J connectivity index is 1.71. The van der Waals surface area contributed by atoms with E-state index in [1.807, 2.05) is 6.08 Å². The van der Waals surface area contributed by atoms with Crippen molar-refractivity contribution in [1.29, 1.82) is 0 Å². The second-order valence-electron chi connectivity index (χ2n) is 22.8. The van der Waals surface area contributed by atoms with Gasteiger partial charge in [0.2, 0.25) is 5.91 Å². The molecule has 0 aromatic heterocycles. The Morgan fingerprint density at radius 3 is 1.31 bits per heavy atom. The van der Waals surface area contributed by atoms with Crippen LogP contribution in [0.15, 0.2) is 109 Å². The Hall–Kier alpha value is -3.35. The first-order valence-electron chi connectivity index (χ1n) is 33.1. The Morgan fingerprint density at radius 1 is 0.440 bits per heavy atom. The average Bonchev–Trinajstić information content (AvgIpc) is 3.18. The van der Waals surface area contributed by atoms with E-state index in [9.17, 15) is 45.6 Å². The first-order chi connectivity index (χ1) is 41.1. The van der Waals surface area contributed by atoms with Crippen molar-refractivity contribution in [3.8, 4) is 0 Å². The van der Waals surface area contributed by atoms with Crippen LogP contribution in [0.3, 0.4) is 0 Å².